The molecular formula is C22H33N5O3S. The predicted octanol–water partition coefficient (Wildman–Crippen LogP) is 2.62. The molecule has 1 N–H and O–H groups in total. The van der Waals surface area contributed by atoms with Gasteiger partial charge in [0.2, 0.25) is 5.75 Å². The fourth-order valence-corrected chi connectivity index (χ4v) is 4.48. The summed E-state index contributed by atoms with van der Waals surface area (Å²) in [5, 5.41) is 4.55. The second kappa shape index (κ2) is 11.2. The lowest BCUT2D eigenvalue weighted by Crippen LogP contribution is -2.52. The standard InChI is InChI=1S/C22H33N5O3S/c1-6-17-13-24-20(31-17)14-25-22(23-2)27-9-7-26(8-10-27)15-16-11-18(28-3)21(30-5)19(12-16)29-4/h11-13H,6-10,14-15H2,1-5H3,(H,23,25). The number of nitrogens with one attached hydrogen (secondary N) is 1. The first-order valence-corrected chi connectivity index (χ1v) is 11.3. The number of hydrogen-bond donors (Lipinski definition) is 1. The van der Waals surface area contributed by atoms with E-state index in [1.54, 1.807) is 32.7 Å². The minimum Gasteiger partial charge on any atom is -0.493 e. The third-order valence-electron chi connectivity index (χ3n) is 5.36. The number of thiazole rings is 1. The van der Waals surface area contributed by atoms with Crippen molar-refractivity contribution in [3.8, 4) is 17.2 Å². The van der Waals surface area contributed by atoms with Gasteiger partial charge in [0.25, 0.3) is 0 Å². The molecule has 2 aromatic rings. The van der Waals surface area contributed by atoms with Crippen LogP contribution in [-0.2, 0) is 19.5 Å². The van der Waals surface area contributed by atoms with Crippen molar-refractivity contribution in [2.75, 3.05) is 54.6 Å². The molecule has 0 atom stereocenters. The second-order valence-corrected chi connectivity index (χ2v) is 8.47. The SMILES string of the molecule is CCc1cnc(CNC(=NC)N2CCN(Cc3cc(OC)c(OC)c(OC)c3)CC2)s1. The molecular weight excluding hydrogens is 414 g/mol. The minimum absolute atomic E-state index is 0.625. The molecule has 9 heteroatoms. The lowest BCUT2D eigenvalue weighted by molar-refractivity contribution is 0.172. The quantitative estimate of drug-likeness (QED) is 0.493. The second-order valence-electron chi connectivity index (χ2n) is 7.27. The van der Waals surface area contributed by atoms with Crippen molar-refractivity contribution in [2.24, 2.45) is 4.99 Å². The molecule has 1 aliphatic rings. The maximum atomic E-state index is 5.48. The Labute approximate surface area is 188 Å². The van der Waals surface area contributed by atoms with E-state index in [-0.39, 0.29) is 0 Å². The Morgan fingerprint density at radius 2 is 1.77 bits per heavy atom. The lowest BCUT2D eigenvalue weighted by atomic mass is 10.1. The highest BCUT2D eigenvalue weighted by Crippen LogP contribution is 2.38. The van der Waals surface area contributed by atoms with Gasteiger partial charge in [-0.05, 0) is 24.1 Å². The highest BCUT2D eigenvalue weighted by Gasteiger charge is 2.21. The van der Waals surface area contributed by atoms with Gasteiger partial charge in [-0.1, -0.05) is 6.92 Å². The van der Waals surface area contributed by atoms with E-state index in [0.717, 1.165) is 55.7 Å². The van der Waals surface area contributed by atoms with Crippen LogP contribution in [0.1, 0.15) is 22.4 Å². The van der Waals surface area contributed by atoms with E-state index in [1.807, 2.05) is 25.4 Å². The fraction of sp³-hybridized carbons (Fsp3) is 0.545. The number of guanidine groups is 1. The molecule has 1 aliphatic heterocycles. The number of nitrogens with zero attached hydrogens (tertiary/aromatic N) is 4. The minimum atomic E-state index is 0.625. The average molecular weight is 448 g/mol. The van der Waals surface area contributed by atoms with Crippen LogP contribution in [0.2, 0.25) is 0 Å². The average Bonchev–Trinajstić information content (AvgIpc) is 3.27. The Balaban J connectivity index is 1.55. The summed E-state index contributed by atoms with van der Waals surface area (Å²) in [6.45, 7) is 7.44. The van der Waals surface area contributed by atoms with Crippen molar-refractivity contribution in [1.29, 1.82) is 0 Å². The number of benzene rings is 1. The van der Waals surface area contributed by atoms with Crippen LogP contribution in [0.25, 0.3) is 0 Å². The van der Waals surface area contributed by atoms with Gasteiger partial charge in [-0.3, -0.25) is 9.89 Å². The van der Waals surface area contributed by atoms with Crippen LogP contribution < -0.4 is 19.5 Å². The Kier molecular flexibility index (Phi) is 8.36. The largest absolute Gasteiger partial charge is 0.493 e. The maximum Gasteiger partial charge on any atom is 0.203 e. The first-order valence-electron chi connectivity index (χ1n) is 10.5. The monoisotopic (exact) mass is 447 g/mol. The van der Waals surface area contributed by atoms with Crippen molar-refractivity contribution >= 4 is 17.3 Å². The van der Waals surface area contributed by atoms with Gasteiger partial charge >= 0.3 is 0 Å². The summed E-state index contributed by atoms with van der Waals surface area (Å²) < 4.78 is 16.4. The van der Waals surface area contributed by atoms with Gasteiger partial charge in [0.1, 0.15) is 5.01 Å². The first kappa shape index (κ1) is 23.1. The predicted molar refractivity (Wildman–Crippen MR) is 125 cm³/mol. The molecule has 2 heterocycles. The molecule has 1 fully saturated rings. The van der Waals surface area contributed by atoms with Crippen molar-refractivity contribution < 1.29 is 14.2 Å². The summed E-state index contributed by atoms with van der Waals surface area (Å²) in [6.07, 6.45) is 2.99. The molecule has 1 aromatic carbocycles. The van der Waals surface area contributed by atoms with Crippen LogP contribution in [0, 0.1) is 0 Å². The number of ether oxygens (including phenoxy) is 3. The van der Waals surface area contributed by atoms with E-state index in [9.17, 15) is 0 Å². The highest BCUT2D eigenvalue weighted by atomic mass is 32.1. The van der Waals surface area contributed by atoms with Crippen LogP contribution in [0.4, 0.5) is 0 Å². The molecule has 31 heavy (non-hydrogen) atoms. The summed E-state index contributed by atoms with van der Waals surface area (Å²) in [6, 6.07) is 4.04. The Bertz CT molecular complexity index is 853. The molecule has 1 saturated heterocycles. The molecule has 8 nitrogen and oxygen atoms in total. The Morgan fingerprint density at radius 1 is 1.10 bits per heavy atom. The fourth-order valence-electron chi connectivity index (χ4n) is 3.68. The molecule has 0 aliphatic carbocycles. The summed E-state index contributed by atoms with van der Waals surface area (Å²) >= 11 is 1.76. The maximum absolute atomic E-state index is 5.48. The highest BCUT2D eigenvalue weighted by molar-refractivity contribution is 7.11. The molecule has 1 aromatic heterocycles. The number of aromatic nitrogens is 1. The zero-order valence-corrected chi connectivity index (χ0v) is 19.9. The van der Waals surface area contributed by atoms with Crippen LogP contribution in [-0.4, -0.2) is 75.3 Å². The molecule has 0 spiro atoms. The van der Waals surface area contributed by atoms with Gasteiger partial charge in [0.15, 0.2) is 17.5 Å². The summed E-state index contributed by atoms with van der Waals surface area (Å²) in [7, 11) is 6.75. The zero-order valence-electron chi connectivity index (χ0n) is 19.1. The smallest absolute Gasteiger partial charge is 0.203 e. The molecule has 3 rings (SSSR count). The van der Waals surface area contributed by atoms with Crippen LogP contribution in [0.15, 0.2) is 23.3 Å². The molecule has 0 unspecified atom stereocenters. The first-order chi connectivity index (χ1) is 15.1. The number of aliphatic imine (C=N–C) groups is 1. The van der Waals surface area contributed by atoms with E-state index in [4.69, 9.17) is 14.2 Å². The molecule has 0 amide bonds. The van der Waals surface area contributed by atoms with Crippen molar-refractivity contribution in [3.63, 3.8) is 0 Å². The number of piperazine rings is 1. The third kappa shape index (κ3) is 5.80. The van der Waals surface area contributed by atoms with Gasteiger partial charge in [-0.15, -0.1) is 11.3 Å². The van der Waals surface area contributed by atoms with Crippen molar-refractivity contribution in [2.45, 2.75) is 26.4 Å². The number of methoxy groups -OCH3 is 3. The summed E-state index contributed by atoms with van der Waals surface area (Å²) in [4.78, 5) is 15.0. The normalized spacial score (nSPS) is 15.1. The number of hydrogen-bond acceptors (Lipinski definition) is 7. The molecule has 170 valence electrons. The van der Waals surface area contributed by atoms with Crippen LogP contribution in [0.5, 0.6) is 17.2 Å². The van der Waals surface area contributed by atoms with E-state index in [2.05, 4.69) is 32.0 Å². The lowest BCUT2D eigenvalue weighted by Gasteiger charge is -2.36. The third-order valence-corrected chi connectivity index (χ3v) is 6.50. The van der Waals surface area contributed by atoms with Crippen molar-refractivity contribution in [1.82, 2.24) is 20.1 Å². The van der Waals surface area contributed by atoms with Crippen LogP contribution in [0.3, 0.4) is 0 Å². The Morgan fingerprint density at radius 3 is 2.29 bits per heavy atom. The van der Waals surface area contributed by atoms with E-state index in [1.165, 1.54) is 4.88 Å². The van der Waals surface area contributed by atoms with Gasteiger partial charge in [-0.2, -0.15) is 0 Å². The van der Waals surface area contributed by atoms with Gasteiger partial charge in [0, 0.05) is 50.8 Å². The molecule has 0 radical (unpaired) electrons. The zero-order chi connectivity index (χ0) is 22.2. The van der Waals surface area contributed by atoms with E-state index in [0.29, 0.717) is 23.8 Å². The van der Waals surface area contributed by atoms with E-state index >= 15 is 0 Å². The van der Waals surface area contributed by atoms with Crippen molar-refractivity contribution in [3.05, 3.63) is 33.8 Å². The summed E-state index contributed by atoms with van der Waals surface area (Å²) in [5.41, 5.74) is 1.14. The van der Waals surface area contributed by atoms with Gasteiger partial charge in [0.05, 0.1) is 27.9 Å². The van der Waals surface area contributed by atoms with Crippen LogP contribution >= 0.6 is 11.3 Å². The molecule has 0 saturated carbocycles. The molecule has 0 bridgehead atoms. The number of aryl methyl sites for hydroxylation is 1. The topological polar surface area (TPSA) is 71.5 Å². The summed E-state index contributed by atoms with van der Waals surface area (Å²) in [5.74, 6) is 2.93. The van der Waals surface area contributed by atoms with E-state index < -0.39 is 0 Å². The Hall–Kier alpha value is -2.52. The van der Waals surface area contributed by atoms with Gasteiger partial charge < -0.3 is 24.4 Å². The van der Waals surface area contributed by atoms with Gasteiger partial charge in [-0.25, -0.2) is 4.98 Å². The number of rotatable bonds is 8.